The smallest absolute Gasteiger partial charge is 0.274 e. The molecule has 0 spiro atoms. The van der Waals surface area contributed by atoms with Crippen LogP contribution in [0.4, 0.5) is 0 Å². The lowest BCUT2D eigenvalue weighted by Gasteiger charge is -2.34. The Bertz CT molecular complexity index is 409. The molecule has 0 fully saturated rings. The summed E-state index contributed by atoms with van der Waals surface area (Å²) in [5.74, 6) is 0. The molecule has 2 rings (SSSR count). The number of ether oxygens (including phenoxy) is 1. The Labute approximate surface area is 112 Å². The van der Waals surface area contributed by atoms with E-state index in [9.17, 15) is 0 Å². The van der Waals surface area contributed by atoms with Gasteiger partial charge in [0.15, 0.2) is 0 Å². The standard InChI is InChI=1S/C13H16ClNOS/c1-3-16-13(14)15(11(2)10-17-13)9-12-7-5-4-6-8-12/h4-8,10H,3,9H2,1-2H3. The van der Waals surface area contributed by atoms with E-state index >= 15 is 0 Å². The quantitative estimate of drug-likeness (QED) is 0.606. The Morgan fingerprint density at radius 3 is 2.71 bits per heavy atom. The first kappa shape index (κ1) is 12.8. The minimum absolute atomic E-state index is 0.600. The molecule has 1 aliphatic rings. The second-order valence-electron chi connectivity index (χ2n) is 3.89. The fraction of sp³-hybridized carbons (Fsp3) is 0.385. The molecule has 4 heteroatoms. The van der Waals surface area contributed by atoms with Gasteiger partial charge in [0, 0.05) is 18.8 Å². The van der Waals surface area contributed by atoms with Crippen LogP contribution in [0.25, 0.3) is 0 Å². The zero-order chi connectivity index (χ0) is 12.3. The van der Waals surface area contributed by atoms with E-state index in [1.165, 1.54) is 17.3 Å². The van der Waals surface area contributed by atoms with Gasteiger partial charge in [-0.1, -0.05) is 53.7 Å². The van der Waals surface area contributed by atoms with E-state index < -0.39 is 4.52 Å². The molecule has 2 nitrogen and oxygen atoms in total. The van der Waals surface area contributed by atoms with Crippen LogP contribution in [0.5, 0.6) is 0 Å². The number of benzene rings is 1. The van der Waals surface area contributed by atoms with Gasteiger partial charge in [-0.15, -0.1) is 0 Å². The SMILES string of the molecule is CCOC1(Cl)SC=C(C)N1Cc1ccccc1. The summed E-state index contributed by atoms with van der Waals surface area (Å²) in [4.78, 5) is 2.08. The molecule has 0 N–H and O–H groups in total. The van der Waals surface area contributed by atoms with E-state index in [-0.39, 0.29) is 0 Å². The number of hydrogen-bond acceptors (Lipinski definition) is 3. The van der Waals surface area contributed by atoms with Gasteiger partial charge < -0.3 is 9.64 Å². The zero-order valence-electron chi connectivity index (χ0n) is 10.0. The monoisotopic (exact) mass is 269 g/mol. The first-order valence-electron chi connectivity index (χ1n) is 5.65. The van der Waals surface area contributed by atoms with Gasteiger partial charge in [0.05, 0.1) is 0 Å². The maximum Gasteiger partial charge on any atom is 0.274 e. The van der Waals surface area contributed by atoms with Crippen LogP contribution in [-0.2, 0) is 11.3 Å². The first-order valence-corrected chi connectivity index (χ1v) is 6.90. The Morgan fingerprint density at radius 1 is 1.35 bits per heavy atom. The topological polar surface area (TPSA) is 12.5 Å². The van der Waals surface area contributed by atoms with Gasteiger partial charge in [-0.3, -0.25) is 0 Å². The number of rotatable bonds is 4. The summed E-state index contributed by atoms with van der Waals surface area (Å²) >= 11 is 8.01. The van der Waals surface area contributed by atoms with E-state index in [0.29, 0.717) is 6.61 Å². The van der Waals surface area contributed by atoms with Crippen LogP contribution in [0.3, 0.4) is 0 Å². The van der Waals surface area contributed by atoms with Gasteiger partial charge in [-0.2, -0.15) is 0 Å². The van der Waals surface area contributed by atoms with Crippen molar-refractivity contribution < 1.29 is 4.74 Å². The van der Waals surface area contributed by atoms with Gasteiger partial charge in [0.2, 0.25) is 0 Å². The van der Waals surface area contributed by atoms with Crippen molar-refractivity contribution in [1.82, 2.24) is 4.90 Å². The summed E-state index contributed by atoms with van der Waals surface area (Å²) in [5, 5.41) is 2.05. The van der Waals surface area contributed by atoms with Crippen molar-refractivity contribution in [3.05, 3.63) is 47.0 Å². The number of hydrogen-bond donors (Lipinski definition) is 0. The van der Waals surface area contributed by atoms with E-state index in [0.717, 1.165) is 12.2 Å². The van der Waals surface area contributed by atoms with Crippen molar-refractivity contribution in [2.45, 2.75) is 24.9 Å². The molecular formula is C13H16ClNOS. The normalized spacial score (nSPS) is 23.9. The Hall–Kier alpha value is -0.640. The largest absolute Gasteiger partial charge is 0.334 e. The van der Waals surface area contributed by atoms with Gasteiger partial charge in [0.25, 0.3) is 4.52 Å². The van der Waals surface area contributed by atoms with Gasteiger partial charge in [-0.25, -0.2) is 0 Å². The molecule has 0 aromatic heterocycles. The lowest BCUT2D eigenvalue weighted by molar-refractivity contribution is -0.00617. The van der Waals surface area contributed by atoms with E-state index in [4.69, 9.17) is 16.3 Å². The second-order valence-corrected chi connectivity index (χ2v) is 5.65. The summed E-state index contributed by atoms with van der Waals surface area (Å²) in [5.41, 5.74) is 2.37. The van der Waals surface area contributed by atoms with Crippen LogP contribution in [-0.4, -0.2) is 16.0 Å². The van der Waals surface area contributed by atoms with E-state index in [2.05, 4.69) is 24.0 Å². The summed E-state index contributed by atoms with van der Waals surface area (Å²) < 4.78 is 4.86. The Balaban J connectivity index is 2.15. The minimum atomic E-state index is -0.783. The molecule has 0 bridgehead atoms. The van der Waals surface area contributed by atoms with E-state index in [1.807, 2.05) is 30.5 Å². The van der Waals surface area contributed by atoms with Crippen LogP contribution in [0.2, 0.25) is 0 Å². The van der Waals surface area contributed by atoms with Crippen LogP contribution in [0.15, 0.2) is 41.4 Å². The molecule has 0 amide bonds. The predicted octanol–water partition coefficient (Wildman–Crippen LogP) is 3.98. The van der Waals surface area contributed by atoms with Crippen molar-refractivity contribution in [1.29, 1.82) is 0 Å². The van der Waals surface area contributed by atoms with Gasteiger partial charge in [-0.05, 0) is 24.8 Å². The molecule has 1 heterocycles. The van der Waals surface area contributed by atoms with Gasteiger partial charge >= 0.3 is 0 Å². The van der Waals surface area contributed by atoms with Crippen molar-refractivity contribution in [2.75, 3.05) is 6.61 Å². The summed E-state index contributed by atoms with van der Waals surface area (Å²) in [6.07, 6.45) is 0. The van der Waals surface area contributed by atoms with Crippen LogP contribution in [0, 0.1) is 0 Å². The highest BCUT2D eigenvalue weighted by molar-refractivity contribution is 8.04. The lowest BCUT2D eigenvalue weighted by atomic mass is 10.2. The molecule has 0 saturated carbocycles. The number of halogens is 1. The highest BCUT2D eigenvalue weighted by Gasteiger charge is 2.40. The number of alkyl halides is 1. The molecular weight excluding hydrogens is 254 g/mol. The molecule has 1 aromatic carbocycles. The summed E-state index contributed by atoms with van der Waals surface area (Å²) in [6, 6.07) is 10.3. The molecule has 1 aliphatic heterocycles. The van der Waals surface area contributed by atoms with Gasteiger partial charge in [0.1, 0.15) is 0 Å². The third-order valence-electron chi connectivity index (χ3n) is 2.63. The lowest BCUT2D eigenvalue weighted by Crippen LogP contribution is -2.38. The van der Waals surface area contributed by atoms with Crippen LogP contribution in [0.1, 0.15) is 19.4 Å². The average Bonchev–Trinajstić information content (AvgIpc) is 2.60. The Kier molecular flexibility index (Phi) is 4.02. The summed E-state index contributed by atoms with van der Waals surface area (Å²) in [7, 11) is 0. The zero-order valence-corrected chi connectivity index (χ0v) is 11.6. The molecule has 0 saturated heterocycles. The number of thioether (sulfide) groups is 1. The number of allylic oxidation sites excluding steroid dienone is 1. The minimum Gasteiger partial charge on any atom is -0.334 e. The highest BCUT2D eigenvalue weighted by Crippen LogP contribution is 2.45. The maximum atomic E-state index is 6.50. The van der Waals surface area contributed by atoms with Crippen LogP contribution < -0.4 is 0 Å². The fourth-order valence-electron chi connectivity index (χ4n) is 1.77. The molecule has 0 radical (unpaired) electrons. The van der Waals surface area contributed by atoms with Crippen LogP contribution >= 0.6 is 23.4 Å². The second kappa shape index (κ2) is 5.34. The number of nitrogens with zero attached hydrogens (tertiary/aromatic N) is 1. The third-order valence-corrected chi connectivity index (χ3v) is 4.30. The third kappa shape index (κ3) is 2.79. The fourth-order valence-corrected chi connectivity index (χ4v) is 3.17. The average molecular weight is 270 g/mol. The Morgan fingerprint density at radius 2 is 2.06 bits per heavy atom. The van der Waals surface area contributed by atoms with Crippen molar-refractivity contribution in [3.8, 4) is 0 Å². The predicted molar refractivity (Wildman–Crippen MR) is 73.5 cm³/mol. The van der Waals surface area contributed by atoms with Crippen molar-refractivity contribution in [2.24, 2.45) is 0 Å². The first-order chi connectivity index (χ1) is 8.15. The van der Waals surface area contributed by atoms with E-state index in [1.54, 1.807) is 0 Å². The molecule has 1 atom stereocenters. The maximum absolute atomic E-state index is 6.50. The molecule has 92 valence electrons. The highest BCUT2D eigenvalue weighted by atomic mass is 35.5. The molecule has 1 aromatic rings. The molecule has 17 heavy (non-hydrogen) atoms. The summed E-state index contributed by atoms with van der Waals surface area (Å²) in [6.45, 7) is 5.38. The molecule has 1 unspecified atom stereocenters. The molecule has 0 aliphatic carbocycles. The van der Waals surface area contributed by atoms with Crippen molar-refractivity contribution in [3.63, 3.8) is 0 Å². The van der Waals surface area contributed by atoms with Crippen molar-refractivity contribution >= 4 is 23.4 Å².